The fraction of sp³-hybridized carbons (Fsp3) is 0.167. The number of aryl methyl sites for hydroxylation is 1. The number of fused-ring (bicyclic) bond motifs is 1. The van der Waals surface area contributed by atoms with Gasteiger partial charge in [0, 0.05) is 27.5 Å². The maximum absolute atomic E-state index is 12.9. The number of aromatic amines is 1. The van der Waals surface area contributed by atoms with E-state index < -0.39 is 4.92 Å². The summed E-state index contributed by atoms with van der Waals surface area (Å²) >= 11 is 6.04. The lowest BCUT2D eigenvalue weighted by molar-refractivity contribution is -0.385. The van der Waals surface area contributed by atoms with Gasteiger partial charge in [-0.1, -0.05) is 23.7 Å². The number of nitro groups is 1. The molecule has 4 rings (SSSR count). The fourth-order valence-electron chi connectivity index (χ4n) is 3.94. The van der Waals surface area contributed by atoms with Crippen LogP contribution in [0, 0.1) is 24.0 Å². The molecular weight excluding hydrogens is 444 g/mol. The molecule has 0 saturated carbocycles. The van der Waals surface area contributed by atoms with Gasteiger partial charge in [-0.25, -0.2) is 0 Å². The summed E-state index contributed by atoms with van der Waals surface area (Å²) in [5.74, 6) is -0.643. The average molecular weight is 465 g/mol. The van der Waals surface area contributed by atoms with E-state index in [1.165, 1.54) is 0 Å². The lowest BCUT2D eigenvalue weighted by Gasteiger charge is -2.15. The van der Waals surface area contributed by atoms with Crippen LogP contribution in [0.1, 0.15) is 51.4 Å². The first kappa shape index (κ1) is 22.3. The second-order valence-corrected chi connectivity index (χ2v) is 8.35. The largest absolute Gasteiger partial charge is 0.353 e. The summed E-state index contributed by atoms with van der Waals surface area (Å²) in [6, 6.07) is 11.9. The third-order valence-electron chi connectivity index (χ3n) is 5.67. The number of hydrogen-bond acceptors (Lipinski definition) is 4. The highest BCUT2D eigenvalue weighted by molar-refractivity contribution is 6.35. The van der Waals surface area contributed by atoms with E-state index in [1.54, 1.807) is 50.3 Å². The maximum Gasteiger partial charge on any atom is 0.293 e. The van der Waals surface area contributed by atoms with Crippen LogP contribution in [0.25, 0.3) is 11.6 Å². The number of halogens is 1. The molecule has 33 heavy (non-hydrogen) atoms. The van der Waals surface area contributed by atoms with Crippen LogP contribution in [0.5, 0.6) is 0 Å². The highest BCUT2D eigenvalue weighted by atomic mass is 35.5. The van der Waals surface area contributed by atoms with Crippen molar-refractivity contribution in [2.24, 2.45) is 0 Å². The Hall–Kier alpha value is -3.91. The van der Waals surface area contributed by atoms with Crippen molar-refractivity contribution in [1.82, 2.24) is 10.3 Å². The Labute approximate surface area is 194 Å². The SMILES string of the molecule is Cc1[nH]c(C=C2C(=O)Nc3ccc(C(=O)NC(C)c4cccc(Cl)c4)cc32)c(C)c1[N+](=O)[O-]. The number of carbonyl (C=O) groups is 2. The first-order valence-corrected chi connectivity index (χ1v) is 10.6. The van der Waals surface area contributed by atoms with Gasteiger partial charge >= 0.3 is 0 Å². The van der Waals surface area contributed by atoms with E-state index in [1.807, 2.05) is 19.1 Å². The van der Waals surface area contributed by atoms with Crippen molar-refractivity contribution in [2.45, 2.75) is 26.8 Å². The second kappa shape index (κ2) is 8.55. The highest BCUT2D eigenvalue weighted by Crippen LogP contribution is 2.36. The minimum absolute atomic E-state index is 0.0105. The van der Waals surface area contributed by atoms with Crippen LogP contribution < -0.4 is 10.6 Å². The molecule has 3 aromatic rings. The van der Waals surface area contributed by atoms with Gasteiger partial charge < -0.3 is 15.6 Å². The third-order valence-corrected chi connectivity index (χ3v) is 5.90. The van der Waals surface area contributed by atoms with Crippen molar-refractivity contribution >= 4 is 46.4 Å². The van der Waals surface area contributed by atoms with E-state index in [2.05, 4.69) is 15.6 Å². The number of nitrogens with zero attached hydrogens (tertiary/aromatic N) is 1. The first-order chi connectivity index (χ1) is 15.7. The van der Waals surface area contributed by atoms with Crippen LogP contribution in [0.15, 0.2) is 42.5 Å². The minimum atomic E-state index is -0.449. The molecule has 1 atom stereocenters. The smallest absolute Gasteiger partial charge is 0.293 e. The number of benzene rings is 2. The van der Waals surface area contributed by atoms with E-state index in [-0.39, 0.29) is 23.5 Å². The second-order valence-electron chi connectivity index (χ2n) is 7.92. The average Bonchev–Trinajstić information content (AvgIpc) is 3.22. The molecule has 0 saturated heterocycles. The van der Waals surface area contributed by atoms with Crippen LogP contribution >= 0.6 is 11.6 Å². The van der Waals surface area contributed by atoms with Gasteiger partial charge in [-0.05, 0) is 62.7 Å². The van der Waals surface area contributed by atoms with Crippen molar-refractivity contribution in [3.05, 3.63) is 91.2 Å². The first-order valence-electron chi connectivity index (χ1n) is 10.2. The number of H-pyrrole nitrogens is 1. The van der Waals surface area contributed by atoms with Crippen LogP contribution in [0.4, 0.5) is 11.4 Å². The Morgan fingerprint density at radius 2 is 1.97 bits per heavy atom. The van der Waals surface area contributed by atoms with Gasteiger partial charge in [-0.2, -0.15) is 0 Å². The topological polar surface area (TPSA) is 117 Å². The highest BCUT2D eigenvalue weighted by Gasteiger charge is 2.27. The normalized spacial score (nSPS) is 14.7. The quantitative estimate of drug-likeness (QED) is 0.274. The molecule has 168 valence electrons. The van der Waals surface area contributed by atoms with Gasteiger partial charge in [0.05, 0.1) is 27.8 Å². The third kappa shape index (κ3) is 4.25. The van der Waals surface area contributed by atoms with Gasteiger partial charge in [0.15, 0.2) is 0 Å². The zero-order chi connectivity index (χ0) is 23.9. The van der Waals surface area contributed by atoms with Crippen molar-refractivity contribution in [3.63, 3.8) is 0 Å². The van der Waals surface area contributed by atoms with E-state index in [0.29, 0.717) is 44.4 Å². The Morgan fingerprint density at radius 1 is 1.21 bits per heavy atom. The molecule has 2 heterocycles. The Kier molecular flexibility index (Phi) is 5.78. The number of carbonyl (C=O) groups excluding carboxylic acids is 2. The maximum atomic E-state index is 12.9. The zero-order valence-corrected chi connectivity index (χ0v) is 18.9. The molecule has 2 aromatic carbocycles. The summed E-state index contributed by atoms with van der Waals surface area (Å²) in [6.07, 6.45) is 1.58. The molecule has 2 amide bonds. The molecule has 3 N–H and O–H groups in total. The summed E-state index contributed by atoms with van der Waals surface area (Å²) in [7, 11) is 0. The van der Waals surface area contributed by atoms with E-state index >= 15 is 0 Å². The predicted molar refractivity (Wildman–Crippen MR) is 127 cm³/mol. The lowest BCUT2D eigenvalue weighted by Crippen LogP contribution is -2.26. The summed E-state index contributed by atoms with van der Waals surface area (Å²) in [6.45, 7) is 5.10. The molecular formula is C24H21ClN4O4. The number of hydrogen-bond donors (Lipinski definition) is 3. The van der Waals surface area contributed by atoms with E-state index in [4.69, 9.17) is 11.6 Å². The summed E-state index contributed by atoms with van der Waals surface area (Å²) in [5, 5.41) is 17.6. The molecule has 1 aliphatic rings. The van der Waals surface area contributed by atoms with Gasteiger partial charge in [0.1, 0.15) is 0 Å². The van der Waals surface area contributed by atoms with Gasteiger partial charge in [0.25, 0.3) is 17.5 Å². The van der Waals surface area contributed by atoms with Crippen molar-refractivity contribution in [1.29, 1.82) is 0 Å². The number of rotatable bonds is 5. The summed E-state index contributed by atoms with van der Waals surface area (Å²) < 4.78 is 0. The zero-order valence-electron chi connectivity index (χ0n) is 18.2. The molecule has 0 fully saturated rings. The standard InChI is InChI=1S/C24H21ClN4O4/c1-12-21(26-14(3)22(12)29(32)33)11-19-18-10-16(7-8-20(18)28-24(19)31)23(30)27-13(2)15-5-4-6-17(25)9-15/h4-11,13,26H,1-3H3,(H,27,30)(H,28,31). The Bertz CT molecular complexity index is 1340. The van der Waals surface area contributed by atoms with E-state index in [9.17, 15) is 19.7 Å². The van der Waals surface area contributed by atoms with Gasteiger partial charge in [-0.3, -0.25) is 19.7 Å². The Balaban J connectivity index is 1.65. The number of nitrogens with one attached hydrogen (secondary N) is 3. The Morgan fingerprint density at radius 3 is 2.64 bits per heavy atom. The molecule has 1 aromatic heterocycles. The molecule has 0 aliphatic carbocycles. The van der Waals surface area contributed by atoms with Crippen LogP contribution in [0.2, 0.25) is 5.02 Å². The molecule has 0 bridgehead atoms. The van der Waals surface area contributed by atoms with Crippen molar-refractivity contribution < 1.29 is 14.5 Å². The van der Waals surface area contributed by atoms with Crippen LogP contribution in [-0.4, -0.2) is 21.7 Å². The minimum Gasteiger partial charge on any atom is -0.353 e. The van der Waals surface area contributed by atoms with Crippen LogP contribution in [0.3, 0.4) is 0 Å². The van der Waals surface area contributed by atoms with Crippen molar-refractivity contribution in [3.8, 4) is 0 Å². The summed E-state index contributed by atoms with van der Waals surface area (Å²) in [4.78, 5) is 39.3. The molecule has 1 aliphatic heterocycles. The van der Waals surface area contributed by atoms with Crippen molar-refractivity contribution in [2.75, 3.05) is 5.32 Å². The number of amides is 2. The predicted octanol–water partition coefficient (Wildman–Crippen LogP) is 5.18. The number of anilines is 1. The summed E-state index contributed by atoms with van der Waals surface area (Å²) in [5.41, 5.74) is 4.01. The van der Waals surface area contributed by atoms with E-state index in [0.717, 1.165) is 5.56 Å². The number of aromatic nitrogens is 1. The fourth-order valence-corrected chi connectivity index (χ4v) is 4.14. The van der Waals surface area contributed by atoms with Gasteiger partial charge in [-0.15, -0.1) is 0 Å². The van der Waals surface area contributed by atoms with Crippen LogP contribution in [-0.2, 0) is 4.79 Å². The lowest BCUT2D eigenvalue weighted by atomic mass is 10.0. The molecule has 8 nitrogen and oxygen atoms in total. The molecule has 1 unspecified atom stereocenters. The monoisotopic (exact) mass is 464 g/mol. The van der Waals surface area contributed by atoms with Gasteiger partial charge in [0.2, 0.25) is 0 Å². The molecule has 0 radical (unpaired) electrons. The molecule has 0 spiro atoms. The molecule has 9 heteroatoms.